The van der Waals surface area contributed by atoms with Crippen LogP contribution in [0.1, 0.15) is 6.42 Å². The number of hydrogen-bond donors (Lipinski definition) is 2. The molecule has 1 unspecified atom stereocenters. The monoisotopic (exact) mass is 312 g/mol. The van der Waals surface area contributed by atoms with Gasteiger partial charge in [-0.25, -0.2) is 0 Å². The molecule has 0 saturated carbocycles. The van der Waals surface area contributed by atoms with Gasteiger partial charge in [0.25, 0.3) is 0 Å². The van der Waals surface area contributed by atoms with Gasteiger partial charge in [0, 0.05) is 13.0 Å². The molecule has 0 aromatic heterocycles. The zero-order chi connectivity index (χ0) is 14.7. The summed E-state index contributed by atoms with van der Waals surface area (Å²) in [6.45, 7) is 0.358. The summed E-state index contributed by atoms with van der Waals surface area (Å²) >= 11 is 11.2. The van der Waals surface area contributed by atoms with Crippen LogP contribution in [0.25, 0.3) is 0 Å². The summed E-state index contributed by atoms with van der Waals surface area (Å²) in [5.74, 6) is -1.10. The van der Waals surface area contributed by atoms with Crippen LogP contribution in [0.2, 0.25) is 5.02 Å². The lowest BCUT2D eigenvalue weighted by atomic mass is 9.96. The summed E-state index contributed by atoms with van der Waals surface area (Å²) in [5, 5.41) is 5.91. The minimum absolute atomic E-state index is 0.146. The summed E-state index contributed by atoms with van der Waals surface area (Å²) in [4.78, 5) is 23.7. The van der Waals surface area contributed by atoms with Gasteiger partial charge in [0.15, 0.2) is 11.5 Å². The number of carbonyl (C=O) groups excluding carboxylic acids is 2. The van der Waals surface area contributed by atoms with Crippen LogP contribution in [0.5, 0.6) is 5.75 Å². The van der Waals surface area contributed by atoms with Gasteiger partial charge in [0.2, 0.25) is 5.91 Å². The van der Waals surface area contributed by atoms with E-state index in [9.17, 15) is 9.59 Å². The summed E-state index contributed by atoms with van der Waals surface area (Å²) in [5.41, 5.74) is 0.524. The number of nitrogens with one attached hydrogen (secondary N) is 2. The number of Topliss-reactive ketones (excluding diaryl/α,β-unsaturated/α-hetero) is 1. The number of methoxy groups -OCH3 is 1. The SMILES string of the molecule is COc1c(Cl)cccc1NC(=S)C1C(=O)CCNC1=O. The third-order valence-electron chi connectivity index (χ3n) is 2.95. The number of benzene rings is 1. The van der Waals surface area contributed by atoms with Crippen molar-refractivity contribution in [1.82, 2.24) is 5.32 Å². The lowest BCUT2D eigenvalue weighted by Crippen LogP contribution is -2.47. The van der Waals surface area contributed by atoms with E-state index in [1.165, 1.54) is 7.11 Å². The van der Waals surface area contributed by atoms with E-state index in [-0.39, 0.29) is 23.1 Å². The lowest BCUT2D eigenvalue weighted by Gasteiger charge is -2.22. The molecule has 0 spiro atoms. The Labute approximate surface area is 126 Å². The average Bonchev–Trinajstić information content (AvgIpc) is 2.38. The predicted molar refractivity (Wildman–Crippen MR) is 80.3 cm³/mol. The number of thiocarbonyl (C=S) groups is 1. The van der Waals surface area contributed by atoms with E-state index < -0.39 is 5.92 Å². The normalized spacial score (nSPS) is 18.4. The maximum atomic E-state index is 11.8. The van der Waals surface area contributed by atoms with Crippen LogP contribution in [0.3, 0.4) is 0 Å². The number of hydrogen-bond acceptors (Lipinski definition) is 4. The van der Waals surface area contributed by atoms with Crippen molar-refractivity contribution in [3.05, 3.63) is 23.2 Å². The first kappa shape index (κ1) is 14.7. The highest BCUT2D eigenvalue weighted by Crippen LogP contribution is 2.33. The molecule has 1 aromatic rings. The summed E-state index contributed by atoms with van der Waals surface area (Å²) < 4.78 is 5.18. The Bertz CT molecular complexity index is 561. The van der Waals surface area contributed by atoms with Crippen LogP contribution in [0.4, 0.5) is 5.69 Å². The van der Waals surface area contributed by atoms with Gasteiger partial charge in [-0.05, 0) is 12.1 Å². The molecule has 106 valence electrons. The van der Waals surface area contributed by atoms with Crippen LogP contribution < -0.4 is 15.4 Å². The second-order valence-electron chi connectivity index (χ2n) is 4.25. The first-order valence-electron chi connectivity index (χ1n) is 5.98. The number of rotatable bonds is 3. The van der Waals surface area contributed by atoms with E-state index in [0.717, 1.165) is 0 Å². The zero-order valence-electron chi connectivity index (χ0n) is 10.7. The Kier molecular flexibility index (Phi) is 4.57. The van der Waals surface area contributed by atoms with Crippen molar-refractivity contribution in [1.29, 1.82) is 0 Å². The number of para-hydroxylation sites is 1. The fourth-order valence-electron chi connectivity index (χ4n) is 1.99. The Hall–Kier alpha value is -1.66. The van der Waals surface area contributed by atoms with Crippen LogP contribution in [-0.2, 0) is 9.59 Å². The molecule has 1 atom stereocenters. The molecule has 1 aromatic carbocycles. The number of ether oxygens (including phenoxy) is 1. The van der Waals surface area contributed by atoms with E-state index in [1.54, 1.807) is 18.2 Å². The van der Waals surface area contributed by atoms with Crippen molar-refractivity contribution in [3.8, 4) is 5.75 Å². The van der Waals surface area contributed by atoms with Crippen molar-refractivity contribution >= 4 is 46.2 Å². The Morgan fingerprint density at radius 3 is 2.90 bits per heavy atom. The summed E-state index contributed by atoms with van der Waals surface area (Å²) in [7, 11) is 1.48. The van der Waals surface area contributed by atoms with Gasteiger partial charge >= 0.3 is 0 Å². The van der Waals surface area contributed by atoms with Gasteiger partial charge in [0.1, 0.15) is 5.92 Å². The van der Waals surface area contributed by atoms with Gasteiger partial charge in [0.05, 0.1) is 22.8 Å². The van der Waals surface area contributed by atoms with Gasteiger partial charge in [-0.3, -0.25) is 9.59 Å². The van der Waals surface area contributed by atoms with Gasteiger partial charge in [-0.15, -0.1) is 0 Å². The molecule has 1 aliphatic rings. The Morgan fingerprint density at radius 2 is 2.25 bits per heavy atom. The van der Waals surface area contributed by atoms with Crippen LogP contribution in [-0.4, -0.2) is 30.3 Å². The number of ketones is 1. The Morgan fingerprint density at radius 1 is 1.50 bits per heavy atom. The topological polar surface area (TPSA) is 67.4 Å². The first-order chi connectivity index (χ1) is 9.54. The highest BCUT2D eigenvalue weighted by atomic mass is 35.5. The van der Waals surface area contributed by atoms with Crippen LogP contribution >= 0.6 is 23.8 Å². The number of amides is 1. The molecule has 0 bridgehead atoms. The van der Waals surface area contributed by atoms with Gasteiger partial charge in [-0.2, -0.15) is 0 Å². The lowest BCUT2D eigenvalue weighted by molar-refractivity contribution is -0.133. The zero-order valence-corrected chi connectivity index (χ0v) is 12.3. The molecular weight excluding hydrogens is 300 g/mol. The highest BCUT2D eigenvalue weighted by molar-refractivity contribution is 7.80. The molecule has 2 N–H and O–H groups in total. The standard InChI is InChI=1S/C13H13ClN2O3S/c1-19-11-7(14)3-2-4-8(11)16-13(20)10-9(17)5-6-15-12(10)18/h2-4,10H,5-6H2,1H3,(H,15,18)(H,16,20). The van der Waals surface area contributed by atoms with E-state index in [1.807, 2.05) is 0 Å². The molecule has 7 heteroatoms. The van der Waals surface area contributed by atoms with E-state index in [4.69, 9.17) is 28.6 Å². The van der Waals surface area contributed by atoms with Gasteiger partial charge in [-0.1, -0.05) is 29.9 Å². The number of carbonyl (C=O) groups is 2. The minimum atomic E-state index is -0.956. The highest BCUT2D eigenvalue weighted by Gasteiger charge is 2.34. The molecule has 1 saturated heterocycles. The molecule has 1 aliphatic heterocycles. The fourth-order valence-corrected chi connectivity index (χ4v) is 2.59. The quantitative estimate of drug-likeness (QED) is 0.658. The van der Waals surface area contributed by atoms with E-state index in [0.29, 0.717) is 23.0 Å². The fraction of sp³-hybridized carbons (Fsp3) is 0.308. The van der Waals surface area contributed by atoms with Crippen molar-refractivity contribution in [2.75, 3.05) is 19.0 Å². The van der Waals surface area contributed by atoms with Crippen LogP contribution in [0, 0.1) is 5.92 Å². The van der Waals surface area contributed by atoms with Crippen molar-refractivity contribution in [2.24, 2.45) is 5.92 Å². The van der Waals surface area contributed by atoms with Gasteiger partial charge < -0.3 is 15.4 Å². The van der Waals surface area contributed by atoms with Crippen molar-refractivity contribution in [2.45, 2.75) is 6.42 Å². The maximum Gasteiger partial charge on any atom is 0.237 e. The maximum absolute atomic E-state index is 11.8. The predicted octanol–water partition coefficient (Wildman–Crippen LogP) is 1.79. The first-order valence-corrected chi connectivity index (χ1v) is 6.77. The summed E-state index contributed by atoms with van der Waals surface area (Å²) in [6.07, 6.45) is 0.283. The second-order valence-corrected chi connectivity index (χ2v) is 5.10. The molecular formula is C13H13ClN2O3S. The molecule has 1 fully saturated rings. The minimum Gasteiger partial charge on any atom is -0.493 e. The third-order valence-corrected chi connectivity index (χ3v) is 3.58. The number of anilines is 1. The third kappa shape index (κ3) is 2.91. The van der Waals surface area contributed by atoms with Crippen LogP contribution in [0.15, 0.2) is 18.2 Å². The largest absolute Gasteiger partial charge is 0.493 e. The van der Waals surface area contributed by atoms with Crippen molar-refractivity contribution in [3.63, 3.8) is 0 Å². The van der Waals surface area contributed by atoms with E-state index >= 15 is 0 Å². The van der Waals surface area contributed by atoms with Crippen molar-refractivity contribution < 1.29 is 14.3 Å². The Balaban J connectivity index is 2.21. The molecule has 2 rings (SSSR count). The molecule has 5 nitrogen and oxygen atoms in total. The summed E-state index contributed by atoms with van der Waals surface area (Å²) in [6, 6.07) is 5.11. The molecule has 0 aliphatic carbocycles. The second kappa shape index (κ2) is 6.19. The molecule has 0 radical (unpaired) electrons. The number of halogens is 1. The molecule has 20 heavy (non-hydrogen) atoms. The average molecular weight is 313 g/mol. The molecule has 1 amide bonds. The smallest absolute Gasteiger partial charge is 0.237 e. The molecule has 1 heterocycles. The van der Waals surface area contributed by atoms with E-state index in [2.05, 4.69) is 10.6 Å². The number of piperidine rings is 1.